The van der Waals surface area contributed by atoms with Gasteiger partial charge >= 0.3 is 5.97 Å². The summed E-state index contributed by atoms with van der Waals surface area (Å²) in [5.41, 5.74) is 0.597. The van der Waals surface area contributed by atoms with Crippen molar-refractivity contribution in [1.82, 2.24) is 9.97 Å². The number of halogens is 2. The minimum absolute atomic E-state index is 0.114. The number of nitrogens with zero attached hydrogens (tertiary/aromatic N) is 1. The van der Waals surface area contributed by atoms with Gasteiger partial charge in [0, 0.05) is 23.7 Å². The summed E-state index contributed by atoms with van der Waals surface area (Å²) in [6.45, 7) is 0. The second-order valence-electron chi connectivity index (χ2n) is 4.11. The third-order valence-corrected chi connectivity index (χ3v) is 3.41. The van der Waals surface area contributed by atoms with Crippen LogP contribution in [0.1, 0.15) is 12.0 Å². The molecule has 1 aromatic carbocycles. The van der Waals surface area contributed by atoms with Crippen LogP contribution in [-0.4, -0.2) is 21.0 Å². The van der Waals surface area contributed by atoms with Crippen molar-refractivity contribution >= 4 is 29.2 Å². The number of benzene rings is 1. The maximum absolute atomic E-state index is 11.8. The Morgan fingerprint density at radius 2 is 2.05 bits per heavy atom. The Morgan fingerprint density at radius 3 is 2.65 bits per heavy atom. The predicted molar refractivity (Wildman–Crippen MR) is 76.3 cm³/mol. The molecule has 0 saturated carbocycles. The number of hydrogen-bond donors (Lipinski definition) is 2. The van der Waals surface area contributed by atoms with Crippen LogP contribution in [0.15, 0.2) is 29.2 Å². The second kappa shape index (κ2) is 6.07. The molecule has 1 aromatic heterocycles. The molecular weight excluding hydrogens is 303 g/mol. The molecule has 5 nitrogen and oxygen atoms in total. The van der Waals surface area contributed by atoms with Crippen LogP contribution < -0.4 is 5.56 Å². The van der Waals surface area contributed by atoms with E-state index in [2.05, 4.69) is 9.97 Å². The van der Waals surface area contributed by atoms with Gasteiger partial charge in [-0.15, -0.1) is 0 Å². The first-order valence-electron chi connectivity index (χ1n) is 5.73. The minimum atomic E-state index is -0.960. The summed E-state index contributed by atoms with van der Waals surface area (Å²) >= 11 is 11.7. The van der Waals surface area contributed by atoms with Crippen molar-refractivity contribution in [3.05, 3.63) is 50.4 Å². The Bertz CT molecular complexity index is 713. The van der Waals surface area contributed by atoms with E-state index < -0.39 is 5.97 Å². The third-order valence-electron chi connectivity index (χ3n) is 2.67. The summed E-state index contributed by atoms with van der Waals surface area (Å²) in [4.78, 5) is 29.0. The van der Waals surface area contributed by atoms with Crippen molar-refractivity contribution in [1.29, 1.82) is 0 Å². The van der Waals surface area contributed by atoms with Crippen LogP contribution in [0.25, 0.3) is 11.4 Å². The van der Waals surface area contributed by atoms with Gasteiger partial charge in [-0.3, -0.25) is 9.59 Å². The Labute approximate surface area is 124 Å². The molecule has 20 heavy (non-hydrogen) atoms. The van der Waals surface area contributed by atoms with E-state index in [1.165, 1.54) is 6.20 Å². The molecule has 0 unspecified atom stereocenters. The van der Waals surface area contributed by atoms with Crippen molar-refractivity contribution in [2.75, 3.05) is 0 Å². The summed E-state index contributed by atoms with van der Waals surface area (Å²) in [6.07, 6.45) is 1.40. The van der Waals surface area contributed by atoms with Crippen LogP contribution in [0.4, 0.5) is 0 Å². The third kappa shape index (κ3) is 3.37. The summed E-state index contributed by atoms with van der Waals surface area (Å²) in [7, 11) is 0. The molecule has 2 aromatic rings. The van der Waals surface area contributed by atoms with Crippen LogP contribution in [0.5, 0.6) is 0 Å². The molecule has 0 spiro atoms. The number of carboxylic acids is 1. The minimum Gasteiger partial charge on any atom is -0.481 e. The zero-order valence-corrected chi connectivity index (χ0v) is 11.7. The van der Waals surface area contributed by atoms with Crippen molar-refractivity contribution in [2.24, 2.45) is 0 Å². The monoisotopic (exact) mass is 312 g/mol. The van der Waals surface area contributed by atoms with Gasteiger partial charge in [0.2, 0.25) is 0 Å². The molecule has 0 saturated heterocycles. The van der Waals surface area contributed by atoms with Crippen molar-refractivity contribution in [3.8, 4) is 11.4 Å². The molecule has 0 amide bonds. The lowest BCUT2D eigenvalue weighted by Gasteiger charge is -2.04. The molecule has 0 fully saturated rings. The maximum Gasteiger partial charge on any atom is 0.303 e. The number of H-pyrrole nitrogens is 1. The van der Waals surface area contributed by atoms with Gasteiger partial charge < -0.3 is 10.1 Å². The molecule has 2 rings (SSSR count). The summed E-state index contributed by atoms with van der Waals surface area (Å²) in [5.74, 6) is -0.606. The van der Waals surface area contributed by atoms with Crippen molar-refractivity contribution in [2.45, 2.75) is 12.8 Å². The van der Waals surface area contributed by atoms with Crippen LogP contribution >= 0.6 is 23.2 Å². The normalized spacial score (nSPS) is 10.5. The number of aliphatic carboxylic acids is 1. The van der Waals surface area contributed by atoms with E-state index in [9.17, 15) is 9.59 Å². The Kier molecular flexibility index (Phi) is 4.42. The number of carbonyl (C=O) groups is 1. The zero-order chi connectivity index (χ0) is 14.7. The first-order chi connectivity index (χ1) is 9.47. The fraction of sp³-hybridized carbons (Fsp3) is 0.154. The number of aromatic amines is 1. The smallest absolute Gasteiger partial charge is 0.303 e. The lowest BCUT2D eigenvalue weighted by atomic mass is 10.1. The highest BCUT2D eigenvalue weighted by Gasteiger charge is 2.08. The number of rotatable bonds is 4. The molecule has 1 heterocycles. The lowest BCUT2D eigenvalue weighted by molar-refractivity contribution is -0.136. The van der Waals surface area contributed by atoms with Gasteiger partial charge in [0.1, 0.15) is 5.82 Å². The second-order valence-corrected chi connectivity index (χ2v) is 4.92. The van der Waals surface area contributed by atoms with Gasteiger partial charge in [0.25, 0.3) is 5.56 Å². The van der Waals surface area contributed by atoms with Crippen LogP contribution in [0.2, 0.25) is 10.0 Å². The summed E-state index contributed by atoms with van der Waals surface area (Å²) in [6, 6.07) is 4.89. The van der Waals surface area contributed by atoms with Crippen molar-refractivity contribution in [3.63, 3.8) is 0 Å². The fourth-order valence-electron chi connectivity index (χ4n) is 1.63. The Morgan fingerprint density at radius 1 is 1.30 bits per heavy atom. The first kappa shape index (κ1) is 14.6. The molecule has 0 aliphatic carbocycles. The van der Waals surface area contributed by atoms with Crippen LogP contribution in [0, 0.1) is 0 Å². The van der Waals surface area contributed by atoms with E-state index in [1.54, 1.807) is 18.2 Å². The van der Waals surface area contributed by atoms with Gasteiger partial charge in [-0.1, -0.05) is 23.2 Å². The molecule has 104 valence electrons. The number of aromatic nitrogens is 2. The molecule has 2 N–H and O–H groups in total. The van der Waals surface area contributed by atoms with E-state index in [0.29, 0.717) is 27.0 Å². The topological polar surface area (TPSA) is 83.0 Å². The van der Waals surface area contributed by atoms with E-state index in [1.807, 2.05) is 0 Å². The average Bonchev–Trinajstić information content (AvgIpc) is 2.40. The lowest BCUT2D eigenvalue weighted by Crippen LogP contribution is -2.15. The quantitative estimate of drug-likeness (QED) is 0.909. The van der Waals surface area contributed by atoms with Crippen molar-refractivity contribution < 1.29 is 9.90 Å². The number of carboxylic acid groups (broad SMARTS) is 1. The summed E-state index contributed by atoms with van der Waals surface area (Å²) < 4.78 is 0. The molecule has 0 radical (unpaired) electrons. The molecule has 0 atom stereocenters. The number of nitrogens with one attached hydrogen (secondary N) is 1. The largest absolute Gasteiger partial charge is 0.481 e. The molecular formula is C13H10Cl2N2O3. The molecule has 0 aliphatic rings. The Balaban J connectivity index is 2.30. The highest BCUT2D eigenvalue weighted by molar-refractivity contribution is 6.42. The zero-order valence-electron chi connectivity index (χ0n) is 10.2. The molecule has 0 aliphatic heterocycles. The Hall–Kier alpha value is -1.85. The van der Waals surface area contributed by atoms with Crippen LogP contribution in [0.3, 0.4) is 0 Å². The predicted octanol–water partition coefficient (Wildman–Crippen LogP) is 2.76. The average molecular weight is 313 g/mol. The first-order valence-corrected chi connectivity index (χ1v) is 6.48. The number of aryl methyl sites for hydroxylation is 1. The van der Waals surface area contributed by atoms with Gasteiger partial charge in [-0.25, -0.2) is 4.98 Å². The van der Waals surface area contributed by atoms with E-state index >= 15 is 0 Å². The van der Waals surface area contributed by atoms with E-state index in [0.717, 1.165) is 0 Å². The van der Waals surface area contributed by atoms with Gasteiger partial charge in [-0.05, 0) is 24.6 Å². The molecule has 0 bridgehead atoms. The maximum atomic E-state index is 11.8. The standard InChI is InChI=1S/C13H10Cl2N2O3/c14-9-3-1-7(5-10(9)15)12-16-6-8(13(20)17-12)2-4-11(18)19/h1,3,5-6H,2,4H2,(H,18,19)(H,16,17,20). The highest BCUT2D eigenvalue weighted by atomic mass is 35.5. The van der Waals surface area contributed by atoms with Gasteiger partial charge in [0.05, 0.1) is 10.0 Å². The van der Waals surface area contributed by atoms with E-state index in [-0.39, 0.29) is 18.4 Å². The molecule has 7 heteroatoms. The number of hydrogen-bond acceptors (Lipinski definition) is 3. The van der Waals surface area contributed by atoms with Gasteiger partial charge in [0.15, 0.2) is 0 Å². The van der Waals surface area contributed by atoms with Gasteiger partial charge in [-0.2, -0.15) is 0 Å². The SMILES string of the molecule is O=C(O)CCc1cnc(-c2ccc(Cl)c(Cl)c2)[nH]c1=O. The summed E-state index contributed by atoms with van der Waals surface area (Å²) in [5, 5.41) is 9.37. The fourth-order valence-corrected chi connectivity index (χ4v) is 1.93. The van der Waals surface area contributed by atoms with E-state index in [4.69, 9.17) is 28.3 Å². The van der Waals surface area contributed by atoms with Crippen LogP contribution in [-0.2, 0) is 11.2 Å². The highest BCUT2D eigenvalue weighted by Crippen LogP contribution is 2.26.